The molecular formula is C21H17KO5. The molecule has 0 saturated heterocycles. The van der Waals surface area contributed by atoms with Gasteiger partial charge in [0.05, 0.1) is 24.1 Å². The summed E-state index contributed by atoms with van der Waals surface area (Å²) >= 11 is 0. The van der Waals surface area contributed by atoms with Crippen molar-refractivity contribution in [3.8, 4) is 5.75 Å². The SMILES string of the molecule is COc1ccc(C(C(C)=O)(C(C)=O)[C-]2C(=O)c3ccccc3C2=O)cc1.[K+]. The Morgan fingerprint density at radius 2 is 1.30 bits per heavy atom. The molecule has 1 aliphatic rings. The molecule has 0 spiro atoms. The van der Waals surface area contributed by atoms with Crippen LogP contribution in [0.2, 0.25) is 0 Å². The molecule has 0 bridgehead atoms. The zero-order valence-corrected chi connectivity index (χ0v) is 18.8. The number of ether oxygens (including phenoxy) is 1. The molecule has 0 aliphatic heterocycles. The van der Waals surface area contributed by atoms with Crippen LogP contribution >= 0.6 is 0 Å². The zero-order valence-electron chi connectivity index (χ0n) is 15.7. The van der Waals surface area contributed by atoms with E-state index in [0.717, 1.165) is 0 Å². The molecular weight excluding hydrogens is 371 g/mol. The minimum Gasteiger partial charge on any atom is -0.497 e. The maximum Gasteiger partial charge on any atom is 1.00 e. The van der Waals surface area contributed by atoms with Gasteiger partial charge in [-0.25, -0.2) is 0 Å². The Kier molecular flexibility index (Phi) is 6.60. The monoisotopic (exact) mass is 388 g/mol. The first-order valence-corrected chi connectivity index (χ1v) is 8.08. The van der Waals surface area contributed by atoms with Crippen molar-refractivity contribution in [1.29, 1.82) is 0 Å². The van der Waals surface area contributed by atoms with Crippen LogP contribution in [0.15, 0.2) is 48.5 Å². The van der Waals surface area contributed by atoms with Gasteiger partial charge in [0.2, 0.25) is 0 Å². The fourth-order valence-electron chi connectivity index (χ4n) is 3.58. The maximum atomic E-state index is 13.0. The van der Waals surface area contributed by atoms with Gasteiger partial charge < -0.3 is 14.3 Å². The number of hydrogen-bond donors (Lipinski definition) is 0. The van der Waals surface area contributed by atoms with Gasteiger partial charge in [-0.3, -0.25) is 9.59 Å². The molecule has 2 aromatic rings. The predicted octanol–water partition coefficient (Wildman–Crippen LogP) is -0.231. The van der Waals surface area contributed by atoms with Crippen molar-refractivity contribution in [1.82, 2.24) is 0 Å². The van der Waals surface area contributed by atoms with Crippen molar-refractivity contribution in [3.63, 3.8) is 0 Å². The zero-order chi connectivity index (χ0) is 19.1. The molecule has 132 valence electrons. The number of fused-ring (bicyclic) bond motifs is 1. The topological polar surface area (TPSA) is 77.5 Å². The van der Waals surface area contributed by atoms with E-state index in [1.54, 1.807) is 24.3 Å². The van der Waals surface area contributed by atoms with Crippen LogP contribution in [0, 0.1) is 5.92 Å². The first-order chi connectivity index (χ1) is 12.4. The number of Topliss-reactive ketones (excluding diaryl/α,β-unsaturated/α-hetero) is 4. The normalized spacial score (nSPS) is 13.1. The molecule has 0 fully saturated rings. The predicted molar refractivity (Wildman–Crippen MR) is 94.4 cm³/mol. The van der Waals surface area contributed by atoms with Crippen LogP contribution in [0.4, 0.5) is 0 Å². The summed E-state index contributed by atoms with van der Waals surface area (Å²) in [6.45, 7) is 2.45. The van der Waals surface area contributed by atoms with E-state index in [-0.39, 0.29) is 74.0 Å². The molecule has 6 heteroatoms. The molecule has 0 saturated carbocycles. The Labute approximate surface area is 199 Å². The van der Waals surface area contributed by atoms with Crippen LogP contribution in [0.5, 0.6) is 5.75 Å². The number of carbonyl (C=O) groups is 4. The maximum absolute atomic E-state index is 13.0. The number of rotatable bonds is 5. The van der Waals surface area contributed by atoms with Gasteiger partial charge in [-0.2, -0.15) is 0 Å². The fourth-order valence-corrected chi connectivity index (χ4v) is 3.58. The fraction of sp³-hybridized carbons (Fsp3) is 0.190. The van der Waals surface area contributed by atoms with Crippen LogP contribution in [-0.4, -0.2) is 30.2 Å². The summed E-state index contributed by atoms with van der Waals surface area (Å²) in [6.07, 6.45) is 0. The minimum atomic E-state index is -1.93. The standard InChI is InChI=1S/C21H17O5.K/c1-12(22)21(13(2)23,14-8-10-15(26-3)11-9-14)18-19(24)16-6-4-5-7-17(16)20(18)25;/h4-11H,1-3H3;/q-1;+1. The molecule has 2 aromatic carbocycles. The van der Waals surface area contributed by atoms with E-state index in [1.165, 1.54) is 45.2 Å². The van der Waals surface area contributed by atoms with Gasteiger partial charge in [0.15, 0.2) is 0 Å². The van der Waals surface area contributed by atoms with Crippen molar-refractivity contribution < 1.29 is 75.3 Å². The molecule has 0 unspecified atom stereocenters. The third kappa shape index (κ3) is 3.26. The van der Waals surface area contributed by atoms with Crippen LogP contribution < -0.4 is 56.1 Å². The molecule has 5 nitrogen and oxygen atoms in total. The van der Waals surface area contributed by atoms with E-state index in [0.29, 0.717) is 5.75 Å². The van der Waals surface area contributed by atoms with Gasteiger partial charge in [-0.15, -0.1) is 23.3 Å². The summed E-state index contributed by atoms with van der Waals surface area (Å²) < 4.78 is 5.11. The number of benzene rings is 2. The Balaban J connectivity index is 0.00000261. The number of carbonyl (C=O) groups excluding carboxylic acids is 4. The quantitative estimate of drug-likeness (QED) is 0.402. The van der Waals surface area contributed by atoms with Gasteiger partial charge in [0.1, 0.15) is 17.3 Å². The molecule has 1 aliphatic carbocycles. The molecule has 3 rings (SSSR count). The summed E-state index contributed by atoms with van der Waals surface area (Å²) in [5, 5.41) is 0. The van der Waals surface area contributed by atoms with E-state index >= 15 is 0 Å². The van der Waals surface area contributed by atoms with Crippen LogP contribution in [0.3, 0.4) is 0 Å². The van der Waals surface area contributed by atoms with Crippen molar-refractivity contribution in [3.05, 3.63) is 71.1 Å². The summed E-state index contributed by atoms with van der Waals surface area (Å²) in [4.78, 5) is 51.4. The second-order valence-corrected chi connectivity index (χ2v) is 6.17. The average Bonchev–Trinajstić information content (AvgIpc) is 2.88. The molecule has 0 N–H and O–H groups in total. The van der Waals surface area contributed by atoms with Crippen molar-refractivity contribution >= 4 is 23.1 Å². The Hall–Kier alpha value is -1.57. The van der Waals surface area contributed by atoms with Crippen molar-refractivity contribution in [2.24, 2.45) is 0 Å². The van der Waals surface area contributed by atoms with Crippen molar-refractivity contribution in [2.75, 3.05) is 7.11 Å². The molecule has 0 amide bonds. The van der Waals surface area contributed by atoms with Gasteiger partial charge in [-0.1, -0.05) is 24.3 Å². The first-order valence-electron chi connectivity index (χ1n) is 8.08. The minimum absolute atomic E-state index is 0. The van der Waals surface area contributed by atoms with E-state index < -0.39 is 28.5 Å². The van der Waals surface area contributed by atoms with Gasteiger partial charge in [0, 0.05) is 0 Å². The largest absolute Gasteiger partial charge is 1.00 e. The van der Waals surface area contributed by atoms with Gasteiger partial charge >= 0.3 is 51.4 Å². The Morgan fingerprint density at radius 3 is 1.67 bits per heavy atom. The molecule has 27 heavy (non-hydrogen) atoms. The van der Waals surface area contributed by atoms with E-state index in [9.17, 15) is 19.2 Å². The summed E-state index contributed by atoms with van der Waals surface area (Å²) in [7, 11) is 1.49. The van der Waals surface area contributed by atoms with E-state index in [1.807, 2.05) is 0 Å². The number of ketones is 4. The second kappa shape index (κ2) is 8.20. The Morgan fingerprint density at radius 1 is 0.852 bits per heavy atom. The van der Waals surface area contributed by atoms with Crippen LogP contribution in [-0.2, 0) is 15.0 Å². The number of methoxy groups -OCH3 is 1. The van der Waals surface area contributed by atoms with Crippen LogP contribution in [0.1, 0.15) is 40.1 Å². The smallest absolute Gasteiger partial charge is 0.497 e. The third-order valence-electron chi connectivity index (χ3n) is 4.82. The number of hydrogen-bond acceptors (Lipinski definition) is 5. The summed E-state index contributed by atoms with van der Waals surface area (Å²) in [5.41, 5.74) is -1.22. The second-order valence-electron chi connectivity index (χ2n) is 6.17. The molecule has 0 radical (unpaired) electrons. The first kappa shape index (κ1) is 21.7. The van der Waals surface area contributed by atoms with E-state index in [2.05, 4.69) is 0 Å². The molecule has 0 aromatic heterocycles. The van der Waals surface area contributed by atoms with Gasteiger partial charge in [-0.05, 0) is 37.5 Å². The van der Waals surface area contributed by atoms with Crippen molar-refractivity contribution in [2.45, 2.75) is 19.3 Å². The Bertz CT molecular complexity index is 881. The third-order valence-corrected chi connectivity index (χ3v) is 4.82. The average molecular weight is 388 g/mol. The van der Waals surface area contributed by atoms with E-state index in [4.69, 9.17) is 4.74 Å². The summed E-state index contributed by atoms with van der Waals surface area (Å²) in [5.74, 6) is -2.06. The van der Waals surface area contributed by atoms with Gasteiger partial charge in [0.25, 0.3) is 0 Å². The summed E-state index contributed by atoms with van der Waals surface area (Å²) in [6, 6.07) is 12.6. The van der Waals surface area contributed by atoms with Crippen LogP contribution in [0.25, 0.3) is 0 Å². The molecule has 0 atom stereocenters. The molecule has 0 heterocycles.